The molecule has 2 aromatic rings. The van der Waals surface area contributed by atoms with Crippen LogP contribution in [0.4, 0.5) is 0 Å². The summed E-state index contributed by atoms with van der Waals surface area (Å²) < 4.78 is 11.0. The molecular weight excluding hydrogens is 302 g/mol. The lowest BCUT2D eigenvalue weighted by Crippen LogP contribution is -2.31. The number of nitrogens with one attached hydrogen (secondary N) is 1. The molecule has 0 spiro atoms. The molecule has 24 heavy (non-hydrogen) atoms. The molecule has 0 saturated carbocycles. The van der Waals surface area contributed by atoms with Crippen LogP contribution >= 0.6 is 0 Å². The van der Waals surface area contributed by atoms with Gasteiger partial charge in [-0.15, -0.1) is 0 Å². The van der Waals surface area contributed by atoms with E-state index in [1.165, 1.54) is 5.56 Å². The van der Waals surface area contributed by atoms with E-state index in [2.05, 4.69) is 5.32 Å². The predicted octanol–water partition coefficient (Wildman–Crippen LogP) is 3.96. The lowest BCUT2D eigenvalue weighted by molar-refractivity contribution is -0.123. The molecule has 1 unspecified atom stereocenters. The summed E-state index contributed by atoms with van der Waals surface area (Å²) in [5.41, 5.74) is 3.23. The summed E-state index contributed by atoms with van der Waals surface area (Å²) in [4.78, 5) is 12.1. The van der Waals surface area contributed by atoms with Gasteiger partial charge in [0.05, 0.1) is 12.6 Å². The van der Waals surface area contributed by atoms with Gasteiger partial charge in [0, 0.05) is 0 Å². The fraction of sp³-hybridized carbons (Fsp3) is 0.350. The molecular formula is C20H25NO3. The summed E-state index contributed by atoms with van der Waals surface area (Å²) in [6, 6.07) is 13.6. The Morgan fingerprint density at radius 2 is 1.79 bits per heavy atom. The molecule has 0 fully saturated rings. The first-order chi connectivity index (χ1) is 11.5. The summed E-state index contributed by atoms with van der Waals surface area (Å²) in [6.07, 6.45) is 0. The van der Waals surface area contributed by atoms with Crippen molar-refractivity contribution in [2.75, 3.05) is 13.2 Å². The highest BCUT2D eigenvalue weighted by atomic mass is 16.5. The molecule has 1 amide bonds. The summed E-state index contributed by atoms with van der Waals surface area (Å²) in [6.45, 7) is 8.55. The van der Waals surface area contributed by atoms with Crippen LogP contribution in [0.25, 0.3) is 0 Å². The molecule has 0 aliphatic rings. The number of rotatable bonds is 7. The normalized spacial score (nSPS) is 11.7. The second kappa shape index (κ2) is 8.39. The van der Waals surface area contributed by atoms with E-state index in [1.54, 1.807) is 0 Å². The fourth-order valence-corrected chi connectivity index (χ4v) is 2.49. The minimum atomic E-state index is -0.142. The molecule has 1 atom stereocenters. The van der Waals surface area contributed by atoms with Crippen LogP contribution in [-0.2, 0) is 4.79 Å². The molecule has 4 heteroatoms. The van der Waals surface area contributed by atoms with Crippen LogP contribution in [0.1, 0.15) is 36.6 Å². The first-order valence-corrected chi connectivity index (χ1v) is 8.21. The van der Waals surface area contributed by atoms with E-state index in [1.807, 2.05) is 70.2 Å². The van der Waals surface area contributed by atoms with Gasteiger partial charge in [-0.3, -0.25) is 4.79 Å². The highest BCUT2D eigenvalue weighted by Crippen LogP contribution is 2.19. The quantitative estimate of drug-likeness (QED) is 0.837. The standard InChI is InChI=1S/C20H25NO3/c1-5-23-18-9-7-17(8-10-18)16(4)21-20(22)13-24-19-11-6-14(2)12-15(19)3/h6-12,16H,5,13H2,1-4H3,(H,21,22). The average molecular weight is 327 g/mol. The van der Waals surface area contributed by atoms with Crippen LogP contribution < -0.4 is 14.8 Å². The van der Waals surface area contributed by atoms with Crippen LogP contribution in [0.3, 0.4) is 0 Å². The number of amides is 1. The summed E-state index contributed by atoms with van der Waals surface area (Å²) in [5, 5.41) is 2.94. The second-order valence-electron chi connectivity index (χ2n) is 5.85. The van der Waals surface area contributed by atoms with Gasteiger partial charge in [-0.2, -0.15) is 0 Å². The zero-order chi connectivity index (χ0) is 17.5. The molecule has 0 aromatic heterocycles. The van der Waals surface area contributed by atoms with Crippen LogP contribution in [-0.4, -0.2) is 19.1 Å². The molecule has 0 aliphatic heterocycles. The van der Waals surface area contributed by atoms with E-state index in [0.717, 1.165) is 22.6 Å². The van der Waals surface area contributed by atoms with Crippen LogP contribution in [0.15, 0.2) is 42.5 Å². The van der Waals surface area contributed by atoms with E-state index in [0.29, 0.717) is 6.61 Å². The Balaban J connectivity index is 1.87. The van der Waals surface area contributed by atoms with E-state index in [9.17, 15) is 4.79 Å². The Morgan fingerprint density at radius 1 is 1.08 bits per heavy atom. The molecule has 2 rings (SSSR count). The molecule has 4 nitrogen and oxygen atoms in total. The molecule has 0 bridgehead atoms. The first-order valence-electron chi connectivity index (χ1n) is 8.21. The van der Waals surface area contributed by atoms with Crippen molar-refractivity contribution in [1.82, 2.24) is 5.32 Å². The maximum atomic E-state index is 12.1. The zero-order valence-electron chi connectivity index (χ0n) is 14.8. The molecule has 0 aliphatic carbocycles. The molecule has 2 aromatic carbocycles. The van der Waals surface area contributed by atoms with E-state index in [4.69, 9.17) is 9.47 Å². The Hall–Kier alpha value is -2.49. The molecule has 128 valence electrons. The van der Waals surface area contributed by atoms with Crippen molar-refractivity contribution in [3.8, 4) is 11.5 Å². The first kappa shape index (κ1) is 17.9. The minimum absolute atomic E-state index is 0.00523. The molecule has 0 saturated heterocycles. The Kier molecular flexibility index (Phi) is 6.24. The van der Waals surface area contributed by atoms with Gasteiger partial charge < -0.3 is 14.8 Å². The number of hydrogen-bond donors (Lipinski definition) is 1. The number of benzene rings is 2. The van der Waals surface area contributed by atoms with E-state index >= 15 is 0 Å². The lowest BCUT2D eigenvalue weighted by atomic mass is 10.1. The smallest absolute Gasteiger partial charge is 0.258 e. The molecule has 0 heterocycles. The van der Waals surface area contributed by atoms with Crippen LogP contribution in [0.2, 0.25) is 0 Å². The Labute approximate surface area is 143 Å². The maximum absolute atomic E-state index is 12.1. The van der Waals surface area contributed by atoms with Gasteiger partial charge in [0.1, 0.15) is 11.5 Å². The summed E-state index contributed by atoms with van der Waals surface area (Å²) in [5.74, 6) is 1.43. The number of aryl methyl sites for hydroxylation is 2. The minimum Gasteiger partial charge on any atom is -0.494 e. The second-order valence-corrected chi connectivity index (χ2v) is 5.85. The SMILES string of the molecule is CCOc1ccc(C(C)NC(=O)COc2ccc(C)cc2C)cc1. The van der Waals surface area contributed by atoms with Crippen LogP contribution in [0.5, 0.6) is 11.5 Å². The fourth-order valence-electron chi connectivity index (χ4n) is 2.49. The van der Waals surface area contributed by atoms with Crippen LogP contribution in [0, 0.1) is 13.8 Å². The van der Waals surface area contributed by atoms with Gasteiger partial charge in [0.25, 0.3) is 5.91 Å². The summed E-state index contributed by atoms with van der Waals surface area (Å²) >= 11 is 0. The van der Waals surface area contributed by atoms with Crippen molar-refractivity contribution in [3.05, 3.63) is 59.2 Å². The Morgan fingerprint density at radius 3 is 2.42 bits per heavy atom. The van der Waals surface area contributed by atoms with Gasteiger partial charge in [0.2, 0.25) is 0 Å². The third-order valence-electron chi connectivity index (χ3n) is 3.76. The van der Waals surface area contributed by atoms with Gasteiger partial charge in [-0.25, -0.2) is 0 Å². The maximum Gasteiger partial charge on any atom is 0.258 e. The topological polar surface area (TPSA) is 47.6 Å². The average Bonchev–Trinajstić information content (AvgIpc) is 2.55. The van der Waals surface area contributed by atoms with Crippen molar-refractivity contribution in [1.29, 1.82) is 0 Å². The highest BCUT2D eigenvalue weighted by molar-refractivity contribution is 5.78. The zero-order valence-corrected chi connectivity index (χ0v) is 14.8. The largest absolute Gasteiger partial charge is 0.494 e. The predicted molar refractivity (Wildman–Crippen MR) is 95.6 cm³/mol. The molecule has 0 radical (unpaired) electrons. The van der Waals surface area contributed by atoms with Gasteiger partial charge in [-0.1, -0.05) is 29.8 Å². The van der Waals surface area contributed by atoms with Crippen molar-refractivity contribution in [2.45, 2.75) is 33.7 Å². The summed E-state index contributed by atoms with van der Waals surface area (Å²) in [7, 11) is 0. The van der Waals surface area contributed by atoms with Gasteiger partial charge in [0.15, 0.2) is 6.61 Å². The third kappa shape index (κ3) is 5.01. The number of carbonyl (C=O) groups excluding carboxylic acids is 1. The third-order valence-corrected chi connectivity index (χ3v) is 3.76. The van der Waals surface area contributed by atoms with Crippen molar-refractivity contribution >= 4 is 5.91 Å². The number of ether oxygens (including phenoxy) is 2. The van der Waals surface area contributed by atoms with Gasteiger partial charge in [-0.05, 0) is 57.0 Å². The van der Waals surface area contributed by atoms with Gasteiger partial charge >= 0.3 is 0 Å². The van der Waals surface area contributed by atoms with E-state index < -0.39 is 0 Å². The molecule has 1 N–H and O–H groups in total. The highest BCUT2D eigenvalue weighted by Gasteiger charge is 2.11. The van der Waals surface area contributed by atoms with E-state index in [-0.39, 0.29) is 18.6 Å². The van der Waals surface area contributed by atoms with Crippen molar-refractivity contribution < 1.29 is 14.3 Å². The number of hydrogen-bond acceptors (Lipinski definition) is 3. The van der Waals surface area contributed by atoms with Crippen molar-refractivity contribution in [3.63, 3.8) is 0 Å². The Bertz CT molecular complexity index is 680. The van der Waals surface area contributed by atoms with Crippen molar-refractivity contribution in [2.24, 2.45) is 0 Å². The lowest BCUT2D eigenvalue weighted by Gasteiger charge is -2.16. The number of carbonyl (C=O) groups is 1. The monoisotopic (exact) mass is 327 g/mol.